The van der Waals surface area contributed by atoms with E-state index in [1.54, 1.807) is 7.11 Å². The zero-order chi connectivity index (χ0) is 7.68. The van der Waals surface area contributed by atoms with Crippen LogP contribution in [0.1, 0.15) is 11.1 Å². The summed E-state index contributed by atoms with van der Waals surface area (Å²) in [5, 5.41) is 0. The highest BCUT2D eigenvalue weighted by molar-refractivity contribution is 5.67. The largest absolute Gasteiger partial charge is 0.500 e. The fraction of sp³-hybridized carbons (Fsp3) is 0.100. The van der Waals surface area contributed by atoms with Crippen LogP contribution in [0.4, 0.5) is 0 Å². The summed E-state index contributed by atoms with van der Waals surface area (Å²) < 4.78 is 5.10. The molecule has 0 unspecified atom stereocenters. The lowest BCUT2D eigenvalue weighted by atomic mass is 10.1. The van der Waals surface area contributed by atoms with E-state index in [0.717, 1.165) is 5.76 Å². The first-order chi connectivity index (χ1) is 5.40. The lowest BCUT2D eigenvalue weighted by Gasteiger charge is -1.96. The summed E-state index contributed by atoms with van der Waals surface area (Å²) in [6, 6.07) is 8.22. The molecule has 1 radical (unpaired) electrons. The minimum atomic E-state index is 0.936. The highest BCUT2D eigenvalue weighted by Crippen LogP contribution is 2.26. The molecule has 0 spiro atoms. The predicted octanol–water partition coefficient (Wildman–Crippen LogP) is 2.24. The number of hydrogen-bond donors (Lipinski definition) is 0. The lowest BCUT2D eigenvalue weighted by Crippen LogP contribution is -1.82. The number of fused-ring (bicyclic) bond motifs is 1. The molecule has 1 nitrogen and oxygen atoms in total. The van der Waals surface area contributed by atoms with Gasteiger partial charge in [-0.3, -0.25) is 0 Å². The quantitative estimate of drug-likeness (QED) is 0.588. The maximum Gasteiger partial charge on any atom is 0.105 e. The molecule has 0 heterocycles. The van der Waals surface area contributed by atoms with Gasteiger partial charge in [0.2, 0.25) is 0 Å². The molecule has 0 amide bonds. The molecule has 1 aromatic rings. The van der Waals surface area contributed by atoms with Crippen molar-refractivity contribution in [1.82, 2.24) is 0 Å². The third-order valence-electron chi connectivity index (χ3n) is 1.83. The normalized spacial score (nSPS) is 14.1. The fourth-order valence-electron chi connectivity index (χ4n) is 1.24. The number of rotatable bonds is 1. The highest BCUT2D eigenvalue weighted by atomic mass is 16.5. The van der Waals surface area contributed by atoms with E-state index in [2.05, 4.69) is 12.1 Å². The monoisotopic (exact) mass is 145 g/mol. The molecule has 0 saturated heterocycles. The summed E-state index contributed by atoms with van der Waals surface area (Å²) in [7, 11) is 1.69. The second kappa shape index (κ2) is 2.42. The summed E-state index contributed by atoms with van der Waals surface area (Å²) >= 11 is 0. The van der Waals surface area contributed by atoms with E-state index in [1.807, 2.05) is 24.6 Å². The van der Waals surface area contributed by atoms with Gasteiger partial charge >= 0.3 is 0 Å². The average molecular weight is 145 g/mol. The molecule has 1 aliphatic carbocycles. The minimum absolute atomic E-state index is 0.936. The van der Waals surface area contributed by atoms with Crippen LogP contribution in [0, 0.1) is 6.42 Å². The van der Waals surface area contributed by atoms with Crippen LogP contribution in [0.25, 0.3) is 6.08 Å². The van der Waals surface area contributed by atoms with Crippen LogP contribution >= 0.6 is 0 Å². The average Bonchev–Trinajstić information content (AvgIpc) is 2.46. The Hall–Kier alpha value is -1.24. The number of hydrogen-bond acceptors (Lipinski definition) is 1. The second-order valence-electron chi connectivity index (χ2n) is 2.52. The van der Waals surface area contributed by atoms with Gasteiger partial charge in [-0.15, -0.1) is 0 Å². The van der Waals surface area contributed by atoms with E-state index in [9.17, 15) is 0 Å². The van der Waals surface area contributed by atoms with Crippen molar-refractivity contribution in [2.45, 2.75) is 0 Å². The molecule has 0 fully saturated rings. The van der Waals surface area contributed by atoms with Crippen LogP contribution in [0.3, 0.4) is 0 Å². The number of allylic oxidation sites excluding steroid dienone is 1. The van der Waals surface area contributed by atoms with Crippen molar-refractivity contribution in [3.63, 3.8) is 0 Å². The van der Waals surface area contributed by atoms with Crippen molar-refractivity contribution in [3.05, 3.63) is 47.6 Å². The molecule has 0 atom stereocenters. The molecule has 0 N–H and O–H groups in total. The number of methoxy groups -OCH3 is 1. The maximum absolute atomic E-state index is 5.10. The maximum atomic E-state index is 5.10. The first-order valence-corrected chi connectivity index (χ1v) is 3.59. The first-order valence-electron chi connectivity index (χ1n) is 3.59. The van der Waals surface area contributed by atoms with Crippen LogP contribution in [-0.2, 0) is 4.74 Å². The standard InChI is InChI=1S/C10H9O/c1-11-10-6-8-4-2-3-5-9(8)7-10/h2-7H,1H3. The molecule has 55 valence electrons. The van der Waals surface area contributed by atoms with E-state index >= 15 is 0 Å². The van der Waals surface area contributed by atoms with Crippen LogP contribution in [0.5, 0.6) is 0 Å². The number of ether oxygens (including phenoxy) is 1. The van der Waals surface area contributed by atoms with Crippen molar-refractivity contribution >= 4 is 6.08 Å². The third kappa shape index (κ3) is 1.03. The zero-order valence-electron chi connectivity index (χ0n) is 6.37. The Morgan fingerprint density at radius 1 is 1.09 bits per heavy atom. The Kier molecular flexibility index (Phi) is 1.42. The Labute approximate surface area is 66.3 Å². The molecule has 2 rings (SSSR count). The summed E-state index contributed by atoms with van der Waals surface area (Å²) in [4.78, 5) is 0. The Bertz CT molecular complexity index is 299. The second-order valence-corrected chi connectivity index (χ2v) is 2.52. The van der Waals surface area contributed by atoms with Crippen LogP contribution in [0.2, 0.25) is 0 Å². The molecule has 1 heteroatoms. The van der Waals surface area contributed by atoms with Gasteiger partial charge in [0.05, 0.1) is 13.5 Å². The van der Waals surface area contributed by atoms with Gasteiger partial charge in [0.15, 0.2) is 0 Å². The van der Waals surface area contributed by atoms with Crippen molar-refractivity contribution in [2.24, 2.45) is 0 Å². The topological polar surface area (TPSA) is 9.23 Å². The van der Waals surface area contributed by atoms with E-state index in [0.29, 0.717) is 0 Å². The summed E-state index contributed by atoms with van der Waals surface area (Å²) in [5.74, 6) is 0.936. The van der Waals surface area contributed by atoms with Crippen molar-refractivity contribution in [3.8, 4) is 0 Å². The van der Waals surface area contributed by atoms with Crippen LogP contribution in [0.15, 0.2) is 30.0 Å². The van der Waals surface area contributed by atoms with E-state index < -0.39 is 0 Å². The van der Waals surface area contributed by atoms with Crippen molar-refractivity contribution in [2.75, 3.05) is 7.11 Å². The summed E-state index contributed by atoms with van der Waals surface area (Å²) in [6.45, 7) is 0. The molecular formula is C10H9O. The summed E-state index contributed by atoms with van der Waals surface area (Å²) in [5.41, 5.74) is 2.48. The Balaban J connectivity index is 2.39. The molecule has 0 aliphatic heterocycles. The third-order valence-corrected chi connectivity index (χ3v) is 1.83. The molecule has 11 heavy (non-hydrogen) atoms. The van der Waals surface area contributed by atoms with Gasteiger partial charge in [-0.2, -0.15) is 0 Å². The molecule has 0 saturated carbocycles. The first kappa shape index (κ1) is 6.47. The highest BCUT2D eigenvalue weighted by Gasteiger charge is 2.11. The minimum Gasteiger partial charge on any atom is -0.500 e. The Morgan fingerprint density at radius 2 is 1.82 bits per heavy atom. The number of benzene rings is 1. The smallest absolute Gasteiger partial charge is 0.105 e. The van der Waals surface area contributed by atoms with Gasteiger partial charge in [0.1, 0.15) is 5.76 Å². The van der Waals surface area contributed by atoms with Gasteiger partial charge < -0.3 is 4.74 Å². The molecule has 1 aliphatic rings. The Morgan fingerprint density at radius 3 is 2.45 bits per heavy atom. The zero-order valence-corrected chi connectivity index (χ0v) is 6.37. The van der Waals surface area contributed by atoms with Gasteiger partial charge in [-0.1, -0.05) is 24.3 Å². The SMILES string of the molecule is COC1=Cc2ccccc2[CH]1. The van der Waals surface area contributed by atoms with Gasteiger partial charge in [0, 0.05) is 0 Å². The van der Waals surface area contributed by atoms with Crippen LogP contribution < -0.4 is 0 Å². The molecule has 0 bridgehead atoms. The molecular weight excluding hydrogens is 136 g/mol. The summed E-state index contributed by atoms with van der Waals surface area (Å²) in [6.07, 6.45) is 4.07. The van der Waals surface area contributed by atoms with E-state index in [-0.39, 0.29) is 0 Å². The lowest BCUT2D eigenvalue weighted by molar-refractivity contribution is 0.306. The van der Waals surface area contributed by atoms with Gasteiger partial charge in [-0.05, 0) is 17.2 Å². The van der Waals surface area contributed by atoms with Gasteiger partial charge in [-0.25, -0.2) is 0 Å². The van der Waals surface area contributed by atoms with E-state index in [4.69, 9.17) is 4.74 Å². The van der Waals surface area contributed by atoms with E-state index in [1.165, 1.54) is 11.1 Å². The molecule has 0 aromatic heterocycles. The predicted molar refractivity (Wildman–Crippen MR) is 44.8 cm³/mol. The van der Waals surface area contributed by atoms with Crippen LogP contribution in [-0.4, -0.2) is 7.11 Å². The van der Waals surface area contributed by atoms with Crippen molar-refractivity contribution < 1.29 is 4.74 Å². The van der Waals surface area contributed by atoms with Crippen molar-refractivity contribution in [1.29, 1.82) is 0 Å². The van der Waals surface area contributed by atoms with Gasteiger partial charge in [0.25, 0.3) is 0 Å². The molecule has 1 aromatic carbocycles. The fourth-order valence-corrected chi connectivity index (χ4v) is 1.24.